The van der Waals surface area contributed by atoms with Crippen molar-refractivity contribution in [3.05, 3.63) is 29.8 Å². The van der Waals surface area contributed by atoms with E-state index >= 15 is 0 Å². The van der Waals surface area contributed by atoms with Crippen LogP contribution in [0.2, 0.25) is 0 Å². The van der Waals surface area contributed by atoms with Gasteiger partial charge in [0.05, 0.1) is 17.6 Å². The molecule has 1 rings (SSSR count). The normalized spacial score (nSPS) is 13.8. The molecule has 0 spiro atoms. The first-order valence-corrected chi connectivity index (χ1v) is 6.81. The number of rotatable bonds is 6. The number of sulfonamides is 1. The van der Waals surface area contributed by atoms with Crippen molar-refractivity contribution in [2.24, 2.45) is 0 Å². The molecule has 0 aliphatic carbocycles. The Kier molecular flexibility index (Phi) is 5.36. The summed E-state index contributed by atoms with van der Waals surface area (Å²) in [5.74, 6) is -1.96. The van der Waals surface area contributed by atoms with E-state index in [-0.39, 0.29) is 13.2 Å². The predicted molar refractivity (Wildman–Crippen MR) is 64.1 cm³/mol. The largest absolute Gasteiger partial charge is 0.389 e. The van der Waals surface area contributed by atoms with Crippen LogP contribution in [0.3, 0.4) is 0 Å². The molecule has 1 unspecified atom stereocenters. The summed E-state index contributed by atoms with van der Waals surface area (Å²) in [4.78, 5) is -0.503. The van der Waals surface area contributed by atoms with Crippen LogP contribution in [0.1, 0.15) is 0 Å². The molecule has 1 N–H and O–H groups in total. The Morgan fingerprint density at radius 3 is 2.32 bits per heavy atom. The summed E-state index contributed by atoms with van der Waals surface area (Å²) in [6, 6.07) is 2.02. The number of halogens is 2. The molecular formula is C11H15F2NO4S. The molecule has 0 amide bonds. The highest BCUT2D eigenvalue weighted by Gasteiger charge is 2.24. The van der Waals surface area contributed by atoms with E-state index < -0.39 is 32.7 Å². The van der Waals surface area contributed by atoms with Gasteiger partial charge in [0.15, 0.2) is 0 Å². The molecule has 0 aliphatic heterocycles. The first-order chi connectivity index (χ1) is 8.77. The van der Waals surface area contributed by atoms with Gasteiger partial charge >= 0.3 is 0 Å². The summed E-state index contributed by atoms with van der Waals surface area (Å²) in [6.45, 7) is -0.286. The zero-order valence-electron chi connectivity index (χ0n) is 10.5. The molecule has 1 atom stereocenters. The molecule has 0 radical (unpaired) electrons. The minimum Gasteiger partial charge on any atom is -0.389 e. The Hall–Kier alpha value is -1.09. The Bertz CT molecular complexity index is 515. The molecule has 0 saturated carbocycles. The van der Waals surface area contributed by atoms with Crippen molar-refractivity contribution in [3.8, 4) is 0 Å². The van der Waals surface area contributed by atoms with Gasteiger partial charge in [-0.1, -0.05) is 0 Å². The molecule has 0 fully saturated rings. The lowest BCUT2D eigenvalue weighted by Gasteiger charge is -2.20. The lowest BCUT2D eigenvalue weighted by atomic mass is 10.3. The summed E-state index contributed by atoms with van der Waals surface area (Å²) in [7, 11) is -1.49. The SMILES string of the molecule is COCC(O)CN(C)S(=O)(=O)c1cc(F)cc(F)c1. The Morgan fingerprint density at radius 1 is 1.32 bits per heavy atom. The van der Waals surface area contributed by atoms with E-state index in [9.17, 15) is 22.3 Å². The van der Waals surface area contributed by atoms with E-state index in [4.69, 9.17) is 0 Å². The molecule has 8 heteroatoms. The van der Waals surface area contributed by atoms with Gasteiger partial charge in [0, 0.05) is 26.8 Å². The third-order valence-corrected chi connectivity index (χ3v) is 4.17. The second-order valence-corrected chi connectivity index (χ2v) is 6.04. The molecule has 108 valence electrons. The van der Waals surface area contributed by atoms with Gasteiger partial charge in [-0.25, -0.2) is 17.2 Å². The monoisotopic (exact) mass is 295 g/mol. The van der Waals surface area contributed by atoms with Crippen LogP contribution in [0, 0.1) is 11.6 Å². The van der Waals surface area contributed by atoms with E-state index in [0.29, 0.717) is 6.07 Å². The van der Waals surface area contributed by atoms with Gasteiger partial charge in [0.25, 0.3) is 0 Å². The summed E-state index contributed by atoms with van der Waals surface area (Å²) in [6.07, 6.45) is -1.02. The van der Waals surface area contributed by atoms with Gasteiger partial charge in [-0.3, -0.25) is 0 Å². The summed E-state index contributed by atoms with van der Waals surface area (Å²) < 4.78 is 55.5. The molecule has 0 bridgehead atoms. The van der Waals surface area contributed by atoms with E-state index in [2.05, 4.69) is 4.74 Å². The first kappa shape index (κ1) is 16.0. The zero-order chi connectivity index (χ0) is 14.6. The molecular weight excluding hydrogens is 280 g/mol. The van der Waals surface area contributed by atoms with Crippen molar-refractivity contribution in [1.82, 2.24) is 4.31 Å². The van der Waals surface area contributed by atoms with Crippen LogP contribution in [0.25, 0.3) is 0 Å². The average molecular weight is 295 g/mol. The van der Waals surface area contributed by atoms with Crippen molar-refractivity contribution >= 4 is 10.0 Å². The van der Waals surface area contributed by atoms with Crippen molar-refractivity contribution in [2.45, 2.75) is 11.0 Å². The van der Waals surface area contributed by atoms with E-state index in [1.165, 1.54) is 14.2 Å². The first-order valence-electron chi connectivity index (χ1n) is 5.37. The number of likely N-dealkylation sites (N-methyl/N-ethyl adjacent to an activating group) is 1. The van der Waals surface area contributed by atoms with E-state index in [1.54, 1.807) is 0 Å². The van der Waals surface area contributed by atoms with Gasteiger partial charge in [0.2, 0.25) is 10.0 Å². The predicted octanol–water partition coefficient (Wildman–Crippen LogP) is 0.593. The highest BCUT2D eigenvalue weighted by Crippen LogP contribution is 2.17. The number of nitrogens with zero attached hydrogens (tertiary/aromatic N) is 1. The molecule has 0 aromatic heterocycles. The third kappa shape index (κ3) is 4.20. The minimum atomic E-state index is -4.06. The number of aliphatic hydroxyl groups is 1. The maximum absolute atomic E-state index is 13.0. The number of aliphatic hydroxyl groups excluding tert-OH is 1. The maximum atomic E-state index is 13.0. The smallest absolute Gasteiger partial charge is 0.243 e. The minimum absolute atomic E-state index is 0.0443. The molecule has 1 aromatic rings. The van der Waals surface area contributed by atoms with Crippen LogP contribution < -0.4 is 0 Å². The lowest BCUT2D eigenvalue weighted by molar-refractivity contribution is 0.0554. The fourth-order valence-electron chi connectivity index (χ4n) is 1.50. The van der Waals surface area contributed by atoms with Gasteiger partial charge in [0.1, 0.15) is 11.6 Å². The summed E-state index contributed by atoms with van der Waals surface area (Å²) in [5.41, 5.74) is 0. The second kappa shape index (κ2) is 6.38. The zero-order valence-corrected chi connectivity index (χ0v) is 11.3. The van der Waals surface area contributed by atoms with Gasteiger partial charge in [-0.05, 0) is 12.1 Å². The lowest BCUT2D eigenvalue weighted by Crippen LogP contribution is -2.36. The van der Waals surface area contributed by atoms with E-state index in [1.807, 2.05) is 0 Å². The van der Waals surface area contributed by atoms with Crippen molar-refractivity contribution in [3.63, 3.8) is 0 Å². The standard InChI is InChI=1S/C11H15F2NO4S/c1-14(6-10(15)7-18-2)19(16,17)11-4-8(12)3-9(13)5-11/h3-5,10,15H,6-7H2,1-2H3. The third-order valence-electron chi connectivity index (χ3n) is 2.37. The average Bonchev–Trinajstić information content (AvgIpc) is 2.27. The molecule has 0 saturated heterocycles. The van der Waals surface area contributed by atoms with Crippen LogP contribution in [-0.4, -0.2) is 51.2 Å². The number of hydrogen-bond donors (Lipinski definition) is 1. The number of ether oxygens (including phenoxy) is 1. The highest BCUT2D eigenvalue weighted by molar-refractivity contribution is 7.89. The Morgan fingerprint density at radius 2 is 1.84 bits per heavy atom. The van der Waals surface area contributed by atoms with Crippen molar-refractivity contribution in [1.29, 1.82) is 0 Å². The Balaban J connectivity index is 2.96. The number of hydrogen-bond acceptors (Lipinski definition) is 4. The van der Waals surface area contributed by atoms with Gasteiger partial charge in [-0.15, -0.1) is 0 Å². The van der Waals surface area contributed by atoms with Crippen LogP contribution in [0.15, 0.2) is 23.1 Å². The quantitative estimate of drug-likeness (QED) is 0.834. The van der Waals surface area contributed by atoms with Crippen LogP contribution in [-0.2, 0) is 14.8 Å². The molecule has 0 heterocycles. The maximum Gasteiger partial charge on any atom is 0.243 e. The van der Waals surface area contributed by atoms with Crippen LogP contribution in [0.5, 0.6) is 0 Å². The number of methoxy groups -OCH3 is 1. The molecule has 5 nitrogen and oxygen atoms in total. The fourth-order valence-corrected chi connectivity index (χ4v) is 2.75. The fraction of sp³-hybridized carbons (Fsp3) is 0.455. The van der Waals surface area contributed by atoms with Gasteiger partial charge < -0.3 is 9.84 Å². The summed E-state index contributed by atoms with van der Waals surface area (Å²) in [5, 5.41) is 9.46. The summed E-state index contributed by atoms with van der Waals surface area (Å²) >= 11 is 0. The molecule has 0 aliphatic rings. The molecule has 1 aromatic carbocycles. The number of benzene rings is 1. The van der Waals surface area contributed by atoms with Gasteiger partial charge in [-0.2, -0.15) is 4.31 Å². The Labute approximate surface area is 110 Å². The topological polar surface area (TPSA) is 66.8 Å². The van der Waals surface area contributed by atoms with Crippen LogP contribution in [0.4, 0.5) is 8.78 Å². The van der Waals surface area contributed by atoms with E-state index in [0.717, 1.165) is 16.4 Å². The molecule has 19 heavy (non-hydrogen) atoms. The van der Waals surface area contributed by atoms with Crippen molar-refractivity contribution < 1.29 is 27.0 Å². The van der Waals surface area contributed by atoms with Crippen molar-refractivity contribution in [2.75, 3.05) is 27.3 Å². The second-order valence-electron chi connectivity index (χ2n) is 4.00. The highest BCUT2D eigenvalue weighted by atomic mass is 32.2. The van der Waals surface area contributed by atoms with Crippen LogP contribution >= 0.6 is 0 Å².